The standard InChI is InChI=1S/C10H19NO4/c1-11(5-8-14-2)10(9(12)13)3-6-15-7-4-10/h3-8H2,1-2H3,(H,12,13). The number of ether oxygens (including phenoxy) is 2. The number of carbonyl (C=O) groups is 1. The highest BCUT2D eigenvalue weighted by molar-refractivity contribution is 5.78. The van der Waals surface area contributed by atoms with E-state index in [9.17, 15) is 9.90 Å². The van der Waals surface area contributed by atoms with E-state index in [2.05, 4.69) is 0 Å². The molecule has 1 saturated heterocycles. The maximum atomic E-state index is 11.3. The molecule has 0 atom stereocenters. The molecule has 1 N–H and O–H groups in total. The normalized spacial score (nSPS) is 20.5. The lowest BCUT2D eigenvalue weighted by Crippen LogP contribution is -2.56. The van der Waals surface area contributed by atoms with E-state index in [4.69, 9.17) is 9.47 Å². The number of likely N-dealkylation sites (N-methyl/N-ethyl adjacent to an activating group) is 1. The maximum Gasteiger partial charge on any atom is 0.324 e. The van der Waals surface area contributed by atoms with Crippen LogP contribution in [-0.4, -0.2) is 62.0 Å². The number of aliphatic carboxylic acids is 1. The average Bonchev–Trinajstić information content (AvgIpc) is 2.26. The highest BCUT2D eigenvalue weighted by atomic mass is 16.5. The van der Waals surface area contributed by atoms with Gasteiger partial charge in [-0.15, -0.1) is 0 Å². The van der Waals surface area contributed by atoms with Crippen LogP contribution in [0.5, 0.6) is 0 Å². The maximum absolute atomic E-state index is 11.3. The lowest BCUT2D eigenvalue weighted by atomic mass is 9.88. The van der Waals surface area contributed by atoms with Gasteiger partial charge in [0.1, 0.15) is 5.54 Å². The van der Waals surface area contributed by atoms with Gasteiger partial charge in [0.05, 0.1) is 6.61 Å². The molecule has 0 bridgehead atoms. The molecule has 0 saturated carbocycles. The lowest BCUT2D eigenvalue weighted by molar-refractivity contribution is -0.157. The number of methoxy groups -OCH3 is 1. The predicted octanol–water partition coefficient (Wildman–Crippen LogP) is 0.198. The molecule has 1 aliphatic rings. The van der Waals surface area contributed by atoms with Gasteiger partial charge >= 0.3 is 5.97 Å². The van der Waals surface area contributed by atoms with Crippen molar-refractivity contribution in [2.75, 3.05) is 40.5 Å². The smallest absolute Gasteiger partial charge is 0.324 e. The van der Waals surface area contributed by atoms with Crippen molar-refractivity contribution in [3.8, 4) is 0 Å². The minimum Gasteiger partial charge on any atom is -0.480 e. The van der Waals surface area contributed by atoms with Crippen LogP contribution in [0.15, 0.2) is 0 Å². The summed E-state index contributed by atoms with van der Waals surface area (Å²) in [4.78, 5) is 13.2. The average molecular weight is 217 g/mol. The third-order valence-corrected chi connectivity index (χ3v) is 3.08. The summed E-state index contributed by atoms with van der Waals surface area (Å²) in [6.45, 7) is 2.21. The van der Waals surface area contributed by atoms with Crippen molar-refractivity contribution >= 4 is 5.97 Å². The minimum atomic E-state index is -0.767. The molecule has 0 aliphatic carbocycles. The molecule has 5 nitrogen and oxygen atoms in total. The molecule has 0 radical (unpaired) electrons. The predicted molar refractivity (Wildman–Crippen MR) is 54.9 cm³/mol. The van der Waals surface area contributed by atoms with Gasteiger partial charge in [-0.1, -0.05) is 0 Å². The highest BCUT2D eigenvalue weighted by Crippen LogP contribution is 2.26. The third kappa shape index (κ3) is 2.68. The summed E-state index contributed by atoms with van der Waals surface area (Å²) >= 11 is 0. The molecule has 1 aliphatic heterocycles. The van der Waals surface area contributed by atoms with Crippen molar-refractivity contribution in [2.24, 2.45) is 0 Å². The summed E-state index contributed by atoms with van der Waals surface area (Å²) < 4.78 is 10.2. The van der Waals surface area contributed by atoms with Crippen molar-refractivity contribution in [1.29, 1.82) is 0 Å². The Morgan fingerprint density at radius 1 is 1.53 bits per heavy atom. The van der Waals surface area contributed by atoms with E-state index < -0.39 is 11.5 Å². The zero-order valence-electron chi connectivity index (χ0n) is 9.36. The van der Waals surface area contributed by atoms with Gasteiger partial charge in [0, 0.05) is 26.9 Å². The van der Waals surface area contributed by atoms with Gasteiger partial charge in [-0.25, -0.2) is 0 Å². The second-order valence-corrected chi connectivity index (χ2v) is 3.86. The van der Waals surface area contributed by atoms with E-state index in [1.54, 1.807) is 7.11 Å². The molecule has 1 fully saturated rings. The topological polar surface area (TPSA) is 59.0 Å². The fourth-order valence-corrected chi connectivity index (χ4v) is 1.91. The summed E-state index contributed by atoms with van der Waals surface area (Å²) in [7, 11) is 3.45. The Kier molecular flexibility index (Phi) is 4.50. The molecular weight excluding hydrogens is 198 g/mol. The van der Waals surface area contributed by atoms with Crippen LogP contribution in [0.1, 0.15) is 12.8 Å². The van der Waals surface area contributed by atoms with Crippen molar-refractivity contribution in [3.05, 3.63) is 0 Å². The Morgan fingerprint density at radius 2 is 2.13 bits per heavy atom. The van der Waals surface area contributed by atoms with Crippen molar-refractivity contribution in [1.82, 2.24) is 4.90 Å². The Bertz CT molecular complexity index is 213. The molecular formula is C10H19NO4. The number of carboxylic acid groups (broad SMARTS) is 1. The summed E-state index contributed by atoms with van der Waals surface area (Å²) in [5.41, 5.74) is -0.767. The molecule has 0 aromatic heterocycles. The van der Waals surface area contributed by atoms with Crippen LogP contribution < -0.4 is 0 Å². The van der Waals surface area contributed by atoms with Crippen LogP contribution in [-0.2, 0) is 14.3 Å². The first kappa shape index (κ1) is 12.4. The first-order valence-corrected chi connectivity index (χ1v) is 5.15. The molecule has 0 amide bonds. The zero-order chi connectivity index (χ0) is 11.3. The van der Waals surface area contributed by atoms with E-state index in [1.807, 2.05) is 11.9 Å². The van der Waals surface area contributed by atoms with Crippen molar-refractivity contribution < 1.29 is 19.4 Å². The first-order chi connectivity index (χ1) is 7.13. The van der Waals surface area contributed by atoms with Gasteiger partial charge in [-0.2, -0.15) is 0 Å². The minimum absolute atomic E-state index is 0.517. The van der Waals surface area contributed by atoms with E-state index in [0.717, 1.165) is 0 Å². The van der Waals surface area contributed by atoms with Crippen LogP contribution in [0.3, 0.4) is 0 Å². The van der Waals surface area contributed by atoms with E-state index in [1.165, 1.54) is 0 Å². The monoisotopic (exact) mass is 217 g/mol. The number of hydrogen-bond acceptors (Lipinski definition) is 4. The molecule has 0 aromatic rings. The van der Waals surface area contributed by atoms with Gasteiger partial charge in [0.15, 0.2) is 0 Å². The Balaban J connectivity index is 2.66. The number of carboxylic acids is 1. The van der Waals surface area contributed by atoms with Crippen LogP contribution in [0, 0.1) is 0 Å². The number of nitrogens with zero attached hydrogens (tertiary/aromatic N) is 1. The summed E-state index contributed by atoms with van der Waals surface area (Å²) in [6, 6.07) is 0. The van der Waals surface area contributed by atoms with E-state index in [-0.39, 0.29) is 0 Å². The second-order valence-electron chi connectivity index (χ2n) is 3.86. The number of rotatable bonds is 5. The van der Waals surface area contributed by atoms with Crippen molar-refractivity contribution in [2.45, 2.75) is 18.4 Å². The molecule has 0 unspecified atom stereocenters. The van der Waals surface area contributed by atoms with E-state index in [0.29, 0.717) is 39.2 Å². The summed E-state index contributed by atoms with van der Waals surface area (Å²) in [5, 5.41) is 9.32. The highest BCUT2D eigenvalue weighted by Gasteiger charge is 2.43. The van der Waals surface area contributed by atoms with Gasteiger partial charge in [0.2, 0.25) is 0 Å². The largest absolute Gasteiger partial charge is 0.480 e. The van der Waals surface area contributed by atoms with Crippen LogP contribution >= 0.6 is 0 Å². The quantitative estimate of drug-likeness (QED) is 0.712. The Hall–Kier alpha value is -0.650. The molecule has 5 heteroatoms. The van der Waals surface area contributed by atoms with Crippen LogP contribution in [0.2, 0.25) is 0 Å². The molecule has 0 spiro atoms. The van der Waals surface area contributed by atoms with Gasteiger partial charge in [0.25, 0.3) is 0 Å². The Morgan fingerprint density at radius 3 is 2.60 bits per heavy atom. The fraction of sp³-hybridized carbons (Fsp3) is 0.900. The lowest BCUT2D eigenvalue weighted by Gasteiger charge is -2.40. The molecule has 0 aromatic carbocycles. The number of hydrogen-bond donors (Lipinski definition) is 1. The van der Waals surface area contributed by atoms with Gasteiger partial charge < -0.3 is 14.6 Å². The van der Waals surface area contributed by atoms with Crippen LogP contribution in [0.4, 0.5) is 0 Å². The van der Waals surface area contributed by atoms with E-state index >= 15 is 0 Å². The Labute approximate surface area is 90.0 Å². The SMILES string of the molecule is COCCN(C)C1(C(=O)O)CCOCC1. The molecule has 88 valence electrons. The zero-order valence-corrected chi connectivity index (χ0v) is 9.36. The van der Waals surface area contributed by atoms with Crippen LogP contribution in [0.25, 0.3) is 0 Å². The molecule has 1 heterocycles. The fourth-order valence-electron chi connectivity index (χ4n) is 1.91. The first-order valence-electron chi connectivity index (χ1n) is 5.15. The molecule has 15 heavy (non-hydrogen) atoms. The molecule has 1 rings (SSSR count). The van der Waals surface area contributed by atoms with Crippen molar-refractivity contribution in [3.63, 3.8) is 0 Å². The summed E-state index contributed by atoms with van der Waals surface area (Å²) in [5.74, 6) is -0.760. The van der Waals surface area contributed by atoms with Gasteiger partial charge in [-0.05, 0) is 19.9 Å². The van der Waals surface area contributed by atoms with Gasteiger partial charge in [-0.3, -0.25) is 9.69 Å². The third-order valence-electron chi connectivity index (χ3n) is 3.08. The second kappa shape index (κ2) is 5.44. The summed E-state index contributed by atoms with van der Waals surface area (Å²) in [6.07, 6.45) is 1.09.